The van der Waals surface area contributed by atoms with Crippen LogP contribution in [-0.4, -0.2) is 36.7 Å². The molecule has 1 fully saturated rings. The van der Waals surface area contributed by atoms with Crippen LogP contribution >= 0.6 is 0 Å². The monoisotopic (exact) mass is 276 g/mol. The van der Waals surface area contributed by atoms with Crippen molar-refractivity contribution in [3.63, 3.8) is 0 Å². The highest BCUT2D eigenvalue weighted by atomic mass is 16.6. The van der Waals surface area contributed by atoms with Crippen molar-refractivity contribution >= 4 is 6.09 Å². The van der Waals surface area contributed by atoms with Gasteiger partial charge in [-0.1, -0.05) is 32.0 Å². The molecule has 20 heavy (non-hydrogen) atoms. The Morgan fingerprint density at radius 3 is 2.50 bits per heavy atom. The second kappa shape index (κ2) is 7.29. The van der Waals surface area contributed by atoms with Crippen LogP contribution in [0.4, 0.5) is 4.79 Å². The highest BCUT2D eigenvalue weighted by molar-refractivity contribution is 5.70. The summed E-state index contributed by atoms with van der Waals surface area (Å²) < 4.78 is 5.24. The van der Waals surface area contributed by atoms with Gasteiger partial charge in [-0.3, -0.25) is 4.90 Å². The topological polar surface area (TPSA) is 41.6 Å². The minimum Gasteiger partial charge on any atom is -0.410 e. The number of ether oxygens (including phenoxy) is 1. The second-order valence-corrected chi connectivity index (χ2v) is 5.64. The maximum Gasteiger partial charge on any atom is 0.412 e. The van der Waals surface area contributed by atoms with Crippen LogP contribution in [0.2, 0.25) is 0 Å². The van der Waals surface area contributed by atoms with E-state index in [4.69, 9.17) is 4.74 Å². The fraction of sp³-hybridized carbons (Fsp3) is 0.562. The van der Waals surface area contributed by atoms with E-state index in [1.165, 1.54) is 12.8 Å². The Bertz CT molecular complexity index is 414. The summed E-state index contributed by atoms with van der Waals surface area (Å²) in [5.74, 6) is 1.09. The maximum absolute atomic E-state index is 11.8. The fourth-order valence-electron chi connectivity index (χ4n) is 2.68. The zero-order chi connectivity index (χ0) is 14.4. The molecule has 4 nitrogen and oxygen atoms in total. The van der Waals surface area contributed by atoms with Crippen LogP contribution in [0.25, 0.3) is 0 Å². The third-order valence-electron chi connectivity index (χ3n) is 3.79. The van der Waals surface area contributed by atoms with Crippen LogP contribution in [0.1, 0.15) is 26.7 Å². The van der Waals surface area contributed by atoms with E-state index < -0.39 is 0 Å². The van der Waals surface area contributed by atoms with E-state index >= 15 is 0 Å². The van der Waals surface area contributed by atoms with Crippen LogP contribution in [-0.2, 0) is 0 Å². The summed E-state index contributed by atoms with van der Waals surface area (Å²) >= 11 is 0. The van der Waals surface area contributed by atoms with Crippen molar-refractivity contribution in [3.05, 3.63) is 30.3 Å². The zero-order valence-corrected chi connectivity index (χ0v) is 12.3. The lowest BCUT2D eigenvalue weighted by Gasteiger charge is -2.30. The Kier molecular flexibility index (Phi) is 5.41. The number of carbonyl (C=O) groups is 1. The van der Waals surface area contributed by atoms with Gasteiger partial charge < -0.3 is 10.1 Å². The molecule has 4 heteroatoms. The molecule has 0 aliphatic carbocycles. The molecule has 1 aliphatic heterocycles. The number of amides is 1. The van der Waals surface area contributed by atoms with Crippen LogP contribution in [0.3, 0.4) is 0 Å². The lowest BCUT2D eigenvalue weighted by molar-refractivity contribution is 0.171. The fourth-order valence-corrected chi connectivity index (χ4v) is 2.68. The summed E-state index contributed by atoms with van der Waals surface area (Å²) in [4.78, 5) is 14.3. The van der Waals surface area contributed by atoms with E-state index in [0.29, 0.717) is 24.3 Å². The molecule has 1 amide bonds. The minimum atomic E-state index is -0.374. The van der Waals surface area contributed by atoms with E-state index in [0.717, 1.165) is 13.1 Å². The van der Waals surface area contributed by atoms with Gasteiger partial charge in [0, 0.05) is 12.6 Å². The molecule has 1 unspecified atom stereocenters. The number of rotatable bonds is 5. The number of hydrogen-bond donors (Lipinski definition) is 1. The number of nitrogens with zero attached hydrogens (tertiary/aromatic N) is 1. The molecule has 0 bridgehead atoms. The van der Waals surface area contributed by atoms with Gasteiger partial charge in [-0.05, 0) is 44.0 Å². The summed E-state index contributed by atoms with van der Waals surface area (Å²) in [5.41, 5.74) is 0. The molecule has 0 radical (unpaired) electrons. The molecule has 1 N–H and O–H groups in total. The third-order valence-corrected chi connectivity index (χ3v) is 3.79. The van der Waals surface area contributed by atoms with Crippen molar-refractivity contribution in [1.82, 2.24) is 10.2 Å². The molecule has 0 aromatic heterocycles. The molecule has 1 saturated heterocycles. The van der Waals surface area contributed by atoms with Gasteiger partial charge in [0.05, 0.1) is 0 Å². The van der Waals surface area contributed by atoms with Gasteiger partial charge in [0.2, 0.25) is 0 Å². The van der Waals surface area contributed by atoms with E-state index in [1.54, 1.807) is 12.1 Å². The highest BCUT2D eigenvalue weighted by Gasteiger charge is 2.25. The lowest BCUT2D eigenvalue weighted by Crippen LogP contribution is -2.46. The first-order valence-corrected chi connectivity index (χ1v) is 7.41. The largest absolute Gasteiger partial charge is 0.412 e. The Morgan fingerprint density at radius 1 is 1.25 bits per heavy atom. The summed E-state index contributed by atoms with van der Waals surface area (Å²) in [7, 11) is 0. The standard InChI is InChI=1S/C16H24N2O2/c1-13(2)15(18-10-6-7-11-18)12-17-16(19)20-14-8-4-3-5-9-14/h3-5,8-9,13,15H,6-7,10-12H2,1-2H3,(H,17,19). The molecule has 1 heterocycles. The molecule has 1 aromatic carbocycles. The Hall–Kier alpha value is -1.55. The molecule has 1 aliphatic rings. The first-order chi connectivity index (χ1) is 9.66. The first-order valence-electron chi connectivity index (χ1n) is 7.41. The summed E-state index contributed by atoms with van der Waals surface area (Å²) in [6.45, 7) is 7.32. The van der Waals surface area contributed by atoms with E-state index in [1.807, 2.05) is 18.2 Å². The first kappa shape index (κ1) is 14.9. The molecular weight excluding hydrogens is 252 g/mol. The van der Waals surface area contributed by atoms with Gasteiger partial charge in [-0.25, -0.2) is 4.79 Å². The van der Waals surface area contributed by atoms with E-state index in [-0.39, 0.29) is 6.09 Å². The molecule has 1 atom stereocenters. The normalized spacial score (nSPS) is 17.1. The van der Waals surface area contributed by atoms with Crippen molar-refractivity contribution < 1.29 is 9.53 Å². The number of likely N-dealkylation sites (tertiary alicyclic amines) is 1. The van der Waals surface area contributed by atoms with Crippen LogP contribution in [0.5, 0.6) is 5.75 Å². The Balaban J connectivity index is 1.81. The smallest absolute Gasteiger partial charge is 0.410 e. The summed E-state index contributed by atoms with van der Waals surface area (Å²) in [5, 5.41) is 2.89. The Morgan fingerprint density at radius 2 is 1.90 bits per heavy atom. The van der Waals surface area contributed by atoms with Gasteiger partial charge in [-0.2, -0.15) is 0 Å². The number of para-hydroxylation sites is 1. The molecule has 110 valence electrons. The van der Waals surface area contributed by atoms with Crippen LogP contribution in [0.15, 0.2) is 30.3 Å². The lowest BCUT2D eigenvalue weighted by atomic mass is 10.0. The summed E-state index contributed by atoms with van der Waals surface area (Å²) in [6.07, 6.45) is 2.15. The van der Waals surface area contributed by atoms with Gasteiger partial charge in [0.25, 0.3) is 0 Å². The van der Waals surface area contributed by atoms with Crippen molar-refractivity contribution in [2.45, 2.75) is 32.7 Å². The molecule has 1 aromatic rings. The van der Waals surface area contributed by atoms with Crippen molar-refractivity contribution in [1.29, 1.82) is 0 Å². The average Bonchev–Trinajstić information content (AvgIpc) is 2.93. The predicted octanol–water partition coefficient (Wildman–Crippen LogP) is 2.90. The van der Waals surface area contributed by atoms with Crippen molar-refractivity contribution in [2.75, 3.05) is 19.6 Å². The van der Waals surface area contributed by atoms with Crippen LogP contribution in [0, 0.1) is 5.92 Å². The minimum absolute atomic E-state index is 0.374. The number of benzene rings is 1. The Labute approximate surface area is 121 Å². The van der Waals surface area contributed by atoms with Crippen LogP contribution < -0.4 is 10.1 Å². The van der Waals surface area contributed by atoms with Crippen molar-refractivity contribution in [3.8, 4) is 5.75 Å². The zero-order valence-electron chi connectivity index (χ0n) is 12.3. The molecular formula is C16H24N2O2. The highest BCUT2D eigenvalue weighted by Crippen LogP contribution is 2.17. The third kappa shape index (κ3) is 4.23. The van der Waals surface area contributed by atoms with Gasteiger partial charge in [0.1, 0.15) is 5.75 Å². The predicted molar refractivity (Wildman–Crippen MR) is 79.9 cm³/mol. The van der Waals surface area contributed by atoms with E-state index in [9.17, 15) is 4.79 Å². The quantitative estimate of drug-likeness (QED) is 0.899. The SMILES string of the molecule is CC(C)C(CNC(=O)Oc1ccccc1)N1CCCC1. The van der Waals surface area contributed by atoms with Crippen molar-refractivity contribution in [2.24, 2.45) is 5.92 Å². The summed E-state index contributed by atoms with van der Waals surface area (Å²) in [6, 6.07) is 9.54. The maximum atomic E-state index is 11.8. The van der Waals surface area contributed by atoms with Gasteiger partial charge >= 0.3 is 6.09 Å². The molecule has 2 rings (SSSR count). The van der Waals surface area contributed by atoms with E-state index in [2.05, 4.69) is 24.1 Å². The molecule has 0 spiro atoms. The number of nitrogens with one attached hydrogen (secondary N) is 1. The second-order valence-electron chi connectivity index (χ2n) is 5.64. The van der Waals surface area contributed by atoms with Gasteiger partial charge in [-0.15, -0.1) is 0 Å². The molecule has 0 saturated carbocycles. The number of hydrogen-bond acceptors (Lipinski definition) is 3. The van der Waals surface area contributed by atoms with Gasteiger partial charge in [0.15, 0.2) is 0 Å². The number of carbonyl (C=O) groups excluding carboxylic acids is 1. The average molecular weight is 276 g/mol.